The molecule has 0 bridgehead atoms. The molecular formula is C18H11N7O8. The summed E-state index contributed by atoms with van der Waals surface area (Å²) < 4.78 is 0. The number of non-ortho nitro benzene ring substituents is 4. The van der Waals surface area contributed by atoms with Gasteiger partial charge in [-0.25, -0.2) is 0 Å². The van der Waals surface area contributed by atoms with E-state index in [0.717, 1.165) is 36.4 Å². The molecule has 2 aromatic rings. The molecule has 0 unspecified atom stereocenters. The summed E-state index contributed by atoms with van der Waals surface area (Å²) in [6, 6.07) is 5.92. The van der Waals surface area contributed by atoms with E-state index >= 15 is 0 Å². The highest BCUT2D eigenvalue weighted by Gasteiger charge is 2.17. The van der Waals surface area contributed by atoms with Crippen LogP contribution < -0.4 is 0 Å². The zero-order chi connectivity index (χ0) is 24.1. The van der Waals surface area contributed by atoms with Crippen LogP contribution in [0.25, 0.3) is 0 Å². The van der Waals surface area contributed by atoms with E-state index in [2.05, 4.69) is 15.0 Å². The SMILES string of the molecule is O=[N+]([O-])c1cc(N=CC2=CCC(C=Nc3cc([N+](=O)[O-])cc([N+](=O)[O-])c3)=N2)cc([N+](=O)[O-])c1. The van der Waals surface area contributed by atoms with Crippen LogP contribution in [0.4, 0.5) is 34.1 Å². The van der Waals surface area contributed by atoms with Crippen LogP contribution in [0.15, 0.2) is 63.1 Å². The molecule has 2 aromatic carbocycles. The van der Waals surface area contributed by atoms with Gasteiger partial charge in [0.25, 0.3) is 22.7 Å². The number of hydrogen-bond acceptors (Lipinski definition) is 11. The molecule has 15 heteroatoms. The first-order valence-electron chi connectivity index (χ1n) is 8.86. The summed E-state index contributed by atoms with van der Waals surface area (Å²) in [7, 11) is 0. The van der Waals surface area contributed by atoms with Crippen LogP contribution in [0.5, 0.6) is 0 Å². The number of benzene rings is 2. The fourth-order valence-corrected chi connectivity index (χ4v) is 2.65. The lowest BCUT2D eigenvalue weighted by atomic mass is 10.2. The molecule has 1 aliphatic rings. The first-order chi connectivity index (χ1) is 15.6. The second kappa shape index (κ2) is 9.29. The van der Waals surface area contributed by atoms with Gasteiger partial charge in [0.1, 0.15) is 0 Å². The Kier molecular flexibility index (Phi) is 6.33. The molecule has 33 heavy (non-hydrogen) atoms. The van der Waals surface area contributed by atoms with E-state index in [-0.39, 0.29) is 11.4 Å². The van der Waals surface area contributed by atoms with Gasteiger partial charge < -0.3 is 0 Å². The highest BCUT2D eigenvalue weighted by molar-refractivity contribution is 6.33. The maximum atomic E-state index is 10.9. The Labute approximate surface area is 182 Å². The number of allylic oxidation sites excluding steroid dienone is 2. The van der Waals surface area contributed by atoms with Crippen LogP contribution >= 0.6 is 0 Å². The lowest BCUT2D eigenvalue weighted by Gasteiger charge is -1.97. The predicted octanol–water partition coefficient (Wildman–Crippen LogP) is 4.15. The molecule has 1 heterocycles. The van der Waals surface area contributed by atoms with Gasteiger partial charge in [-0.3, -0.25) is 55.4 Å². The number of aliphatic imine (C=N–C) groups is 3. The Morgan fingerprint density at radius 1 is 0.667 bits per heavy atom. The lowest BCUT2D eigenvalue weighted by molar-refractivity contribution is -0.394. The minimum atomic E-state index is -0.772. The zero-order valence-corrected chi connectivity index (χ0v) is 16.3. The molecule has 0 radical (unpaired) electrons. The van der Waals surface area contributed by atoms with E-state index in [4.69, 9.17) is 0 Å². The standard InChI is InChI=1S/C18H11N7O8/c26-22(27)15-3-13(4-16(7-15)23(28)29)19-9-11-1-2-12(21-11)10-20-14-5-17(24(30)31)8-18(6-14)25(32)33/h1,3-10H,2H2. The summed E-state index contributed by atoms with van der Waals surface area (Å²) in [4.78, 5) is 52.9. The van der Waals surface area contributed by atoms with Gasteiger partial charge in [-0.2, -0.15) is 0 Å². The van der Waals surface area contributed by atoms with Crippen molar-refractivity contribution in [2.24, 2.45) is 15.0 Å². The Bertz CT molecular complexity index is 1250. The van der Waals surface area contributed by atoms with Crippen LogP contribution in [0.2, 0.25) is 0 Å². The van der Waals surface area contributed by atoms with Gasteiger partial charge in [0.15, 0.2) is 0 Å². The Morgan fingerprint density at radius 3 is 1.45 bits per heavy atom. The van der Waals surface area contributed by atoms with Crippen molar-refractivity contribution in [3.8, 4) is 0 Å². The summed E-state index contributed by atoms with van der Waals surface area (Å²) in [5, 5.41) is 43.8. The quantitative estimate of drug-likeness (QED) is 0.321. The van der Waals surface area contributed by atoms with Gasteiger partial charge in [-0.15, -0.1) is 0 Å². The van der Waals surface area contributed by atoms with E-state index in [9.17, 15) is 40.5 Å². The summed E-state index contributed by atoms with van der Waals surface area (Å²) >= 11 is 0. The number of nitrogens with zero attached hydrogens (tertiary/aromatic N) is 7. The molecule has 0 saturated carbocycles. The average molecular weight is 453 g/mol. The summed E-state index contributed by atoms with van der Waals surface area (Å²) in [5.41, 5.74) is -1.21. The van der Waals surface area contributed by atoms with E-state index < -0.39 is 42.4 Å². The highest BCUT2D eigenvalue weighted by Crippen LogP contribution is 2.29. The molecule has 0 N–H and O–H groups in total. The predicted molar refractivity (Wildman–Crippen MR) is 116 cm³/mol. The van der Waals surface area contributed by atoms with Gasteiger partial charge >= 0.3 is 0 Å². The molecule has 0 fully saturated rings. The average Bonchev–Trinajstić information content (AvgIpc) is 3.23. The van der Waals surface area contributed by atoms with Crippen molar-refractivity contribution in [3.63, 3.8) is 0 Å². The van der Waals surface area contributed by atoms with E-state index in [1.54, 1.807) is 6.08 Å². The molecule has 0 atom stereocenters. The fraction of sp³-hybridized carbons (Fsp3) is 0.0556. The Hall–Kier alpha value is -5.21. The second-order valence-electron chi connectivity index (χ2n) is 6.40. The number of nitro groups is 4. The second-order valence-corrected chi connectivity index (χ2v) is 6.40. The van der Waals surface area contributed by atoms with Crippen LogP contribution in [-0.2, 0) is 0 Å². The van der Waals surface area contributed by atoms with E-state index in [1.165, 1.54) is 12.4 Å². The third kappa shape index (κ3) is 5.69. The number of hydrogen-bond donors (Lipinski definition) is 0. The molecule has 1 aliphatic heterocycles. The Morgan fingerprint density at radius 2 is 1.06 bits per heavy atom. The number of nitro benzene ring substituents is 4. The van der Waals surface area contributed by atoms with Crippen molar-refractivity contribution < 1.29 is 19.7 Å². The largest absolute Gasteiger partial charge is 0.278 e. The first-order valence-corrected chi connectivity index (χ1v) is 8.86. The minimum absolute atomic E-state index is 0.00961. The van der Waals surface area contributed by atoms with Crippen LogP contribution in [0.3, 0.4) is 0 Å². The molecular weight excluding hydrogens is 442 g/mol. The van der Waals surface area contributed by atoms with E-state index in [0.29, 0.717) is 17.8 Å². The molecule has 0 spiro atoms. The maximum Gasteiger partial charge on any atom is 0.278 e. The third-order valence-electron chi connectivity index (χ3n) is 4.12. The van der Waals surface area contributed by atoms with Crippen molar-refractivity contribution in [1.82, 2.24) is 0 Å². The molecule has 166 valence electrons. The smallest absolute Gasteiger partial charge is 0.258 e. The van der Waals surface area contributed by atoms with Crippen molar-refractivity contribution in [2.45, 2.75) is 6.42 Å². The van der Waals surface area contributed by atoms with Gasteiger partial charge in [0, 0.05) is 36.9 Å². The van der Waals surface area contributed by atoms with Crippen molar-refractivity contribution >= 4 is 52.3 Å². The fourth-order valence-electron chi connectivity index (χ4n) is 2.65. The molecule has 15 nitrogen and oxygen atoms in total. The van der Waals surface area contributed by atoms with Gasteiger partial charge in [0.2, 0.25) is 0 Å². The summed E-state index contributed by atoms with van der Waals surface area (Å²) in [5.74, 6) is 0. The first kappa shape index (κ1) is 22.5. The van der Waals surface area contributed by atoms with Crippen molar-refractivity contribution in [3.05, 3.63) is 88.6 Å². The highest BCUT2D eigenvalue weighted by atomic mass is 16.6. The molecule has 3 rings (SSSR count). The molecule has 0 amide bonds. The minimum Gasteiger partial charge on any atom is -0.258 e. The monoisotopic (exact) mass is 453 g/mol. The van der Waals surface area contributed by atoms with Crippen LogP contribution in [0, 0.1) is 40.5 Å². The molecule has 0 aliphatic carbocycles. The van der Waals surface area contributed by atoms with Gasteiger partial charge in [-0.05, 0) is 0 Å². The van der Waals surface area contributed by atoms with Crippen molar-refractivity contribution in [1.29, 1.82) is 0 Å². The summed E-state index contributed by atoms with van der Waals surface area (Å²) in [6.07, 6.45) is 4.46. The number of rotatable bonds is 8. The third-order valence-corrected chi connectivity index (χ3v) is 4.12. The normalized spacial score (nSPS) is 13.2. The topological polar surface area (TPSA) is 210 Å². The van der Waals surface area contributed by atoms with Crippen molar-refractivity contribution in [2.75, 3.05) is 0 Å². The molecule has 0 saturated heterocycles. The van der Waals surface area contributed by atoms with Crippen LogP contribution in [-0.4, -0.2) is 37.8 Å². The molecule has 0 aromatic heterocycles. The van der Waals surface area contributed by atoms with E-state index in [1.807, 2.05) is 0 Å². The lowest BCUT2D eigenvalue weighted by Crippen LogP contribution is -1.95. The van der Waals surface area contributed by atoms with Gasteiger partial charge in [-0.1, -0.05) is 6.08 Å². The maximum absolute atomic E-state index is 10.9. The zero-order valence-electron chi connectivity index (χ0n) is 16.3. The summed E-state index contributed by atoms with van der Waals surface area (Å²) in [6.45, 7) is 0. The van der Waals surface area contributed by atoms with Gasteiger partial charge in [0.05, 0.1) is 60.8 Å². The Balaban J connectivity index is 1.79. The van der Waals surface area contributed by atoms with Crippen LogP contribution in [0.1, 0.15) is 6.42 Å².